The number of carbonyl (C=O) groups excluding carboxylic acids is 1. The summed E-state index contributed by atoms with van der Waals surface area (Å²) in [7, 11) is 0. The molecule has 1 aromatic carbocycles. The molecule has 21 heavy (non-hydrogen) atoms. The summed E-state index contributed by atoms with van der Waals surface area (Å²) in [6, 6.07) is 9.13. The molecule has 0 aliphatic carbocycles. The van der Waals surface area contributed by atoms with Crippen LogP contribution in [0.2, 0.25) is 0 Å². The topological polar surface area (TPSA) is 99.5 Å². The molecule has 0 bridgehead atoms. The summed E-state index contributed by atoms with van der Waals surface area (Å²) in [4.78, 5) is 26.2. The van der Waals surface area contributed by atoms with Gasteiger partial charge in [0.2, 0.25) is 5.91 Å². The van der Waals surface area contributed by atoms with E-state index in [-0.39, 0.29) is 17.1 Å². The lowest BCUT2D eigenvalue weighted by Crippen LogP contribution is -2.09. The van der Waals surface area contributed by atoms with Gasteiger partial charge in [-0.2, -0.15) is 0 Å². The molecule has 6 nitrogen and oxygen atoms in total. The molecule has 1 heterocycles. The van der Waals surface area contributed by atoms with Gasteiger partial charge in [-0.3, -0.25) is 4.79 Å². The molecule has 0 unspecified atom stereocenters. The standard InChI is InChI=1S/C15H12N2O4/c18-12-5-1-10(2-6-12)3-8-14(19)17-13-7-4-11(9-16-13)15(20)21/h1-9,18H,(H,20,21)(H,16,17,19)/b8-3+. The average Bonchev–Trinajstić information content (AvgIpc) is 2.47. The van der Waals surface area contributed by atoms with Crippen molar-refractivity contribution >= 4 is 23.8 Å². The summed E-state index contributed by atoms with van der Waals surface area (Å²) in [5.74, 6) is -1.05. The van der Waals surface area contributed by atoms with Crippen LogP contribution >= 0.6 is 0 Å². The monoisotopic (exact) mass is 284 g/mol. The van der Waals surface area contributed by atoms with Crippen LogP contribution in [0.1, 0.15) is 15.9 Å². The fourth-order valence-corrected chi connectivity index (χ4v) is 1.52. The highest BCUT2D eigenvalue weighted by atomic mass is 16.4. The Labute approximate surface area is 120 Å². The van der Waals surface area contributed by atoms with Crippen molar-refractivity contribution in [2.45, 2.75) is 0 Å². The lowest BCUT2D eigenvalue weighted by molar-refractivity contribution is -0.111. The highest BCUT2D eigenvalue weighted by Gasteiger charge is 2.04. The number of nitrogens with one attached hydrogen (secondary N) is 1. The summed E-state index contributed by atoms with van der Waals surface area (Å²) in [6.07, 6.45) is 4.07. The number of carboxylic acids is 1. The summed E-state index contributed by atoms with van der Waals surface area (Å²) < 4.78 is 0. The lowest BCUT2D eigenvalue weighted by atomic mass is 10.2. The van der Waals surface area contributed by atoms with Crippen molar-refractivity contribution in [2.24, 2.45) is 0 Å². The Morgan fingerprint density at radius 3 is 2.38 bits per heavy atom. The van der Waals surface area contributed by atoms with Crippen LogP contribution in [0.5, 0.6) is 5.75 Å². The molecular weight excluding hydrogens is 272 g/mol. The Morgan fingerprint density at radius 1 is 1.10 bits per heavy atom. The largest absolute Gasteiger partial charge is 0.508 e. The highest BCUT2D eigenvalue weighted by molar-refractivity contribution is 6.01. The van der Waals surface area contributed by atoms with E-state index in [9.17, 15) is 9.59 Å². The van der Waals surface area contributed by atoms with Crippen LogP contribution in [-0.4, -0.2) is 27.1 Å². The second-order valence-corrected chi connectivity index (χ2v) is 4.15. The van der Waals surface area contributed by atoms with Gasteiger partial charge in [0.05, 0.1) is 5.56 Å². The number of hydrogen-bond acceptors (Lipinski definition) is 4. The Kier molecular flexibility index (Phi) is 4.30. The predicted molar refractivity (Wildman–Crippen MR) is 77.0 cm³/mol. The zero-order chi connectivity index (χ0) is 15.2. The highest BCUT2D eigenvalue weighted by Crippen LogP contribution is 2.11. The number of benzene rings is 1. The number of aromatic hydroxyl groups is 1. The maximum absolute atomic E-state index is 11.7. The fraction of sp³-hybridized carbons (Fsp3) is 0. The van der Waals surface area contributed by atoms with E-state index in [0.717, 1.165) is 5.56 Å². The molecule has 0 fully saturated rings. The molecule has 2 aromatic rings. The third kappa shape index (κ3) is 4.17. The Hall–Kier alpha value is -3.15. The molecule has 1 aromatic heterocycles. The first-order valence-corrected chi connectivity index (χ1v) is 6.02. The van der Waals surface area contributed by atoms with Gasteiger partial charge in [-0.1, -0.05) is 12.1 Å². The van der Waals surface area contributed by atoms with Gasteiger partial charge >= 0.3 is 5.97 Å². The second kappa shape index (κ2) is 6.33. The summed E-state index contributed by atoms with van der Waals surface area (Å²) >= 11 is 0. The smallest absolute Gasteiger partial charge is 0.337 e. The molecule has 2 rings (SSSR count). The van der Waals surface area contributed by atoms with Crippen LogP contribution in [0.4, 0.5) is 5.82 Å². The van der Waals surface area contributed by atoms with E-state index in [2.05, 4.69) is 10.3 Å². The minimum Gasteiger partial charge on any atom is -0.508 e. The molecule has 0 atom stereocenters. The van der Waals surface area contributed by atoms with Gasteiger partial charge in [0.25, 0.3) is 0 Å². The number of aromatic carboxylic acids is 1. The normalized spacial score (nSPS) is 10.5. The molecule has 6 heteroatoms. The maximum atomic E-state index is 11.7. The Balaban J connectivity index is 1.98. The van der Waals surface area contributed by atoms with Crippen molar-refractivity contribution in [2.75, 3.05) is 5.32 Å². The van der Waals surface area contributed by atoms with Gasteiger partial charge in [-0.05, 0) is 35.9 Å². The van der Waals surface area contributed by atoms with Crippen LogP contribution < -0.4 is 5.32 Å². The van der Waals surface area contributed by atoms with Crippen LogP contribution in [0.3, 0.4) is 0 Å². The van der Waals surface area contributed by atoms with Crippen LogP contribution in [-0.2, 0) is 4.79 Å². The number of anilines is 1. The summed E-state index contributed by atoms with van der Waals surface area (Å²) in [5.41, 5.74) is 0.810. The minimum absolute atomic E-state index is 0.0487. The number of carbonyl (C=O) groups is 2. The number of rotatable bonds is 4. The number of hydrogen-bond donors (Lipinski definition) is 3. The number of phenolic OH excluding ortho intramolecular Hbond substituents is 1. The first-order chi connectivity index (χ1) is 10.0. The number of phenols is 1. The van der Waals surface area contributed by atoms with E-state index < -0.39 is 11.9 Å². The van der Waals surface area contributed by atoms with E-state index >= 15 is 0 Å². The number of aromatic nitrogens is 1. The van der Waals surface area contributed by atoms with E-state index in [1.54, 1.807) is 18.2 Å². The number of pyridine rings is 1. The van der Waals surface area contributed by atoms with Crippen LogP contribution in [0, 0.1) is 0 Å². The Morgan fingerprint density at radius 2 is 1.81 bits per heavy atom. The van der Waals surface area contributed by atoms with Gasteiger partial charge in [-0.15, -0.1) is 0 Å². The third-order valence-corrected chi connectivity index (χ3v) is 2.58. The van der Waals surface area contributed by atoms with Crippen molar-refractivity contribution in [1.29, 1.82) is 0 Å². The molecule has 0 saturated heterocycles. The van der Waals surface area contributed by atoms with Gasteiger partial charge in [0.15, 0.2) is 0 Å². The zero-order valence-corrected chi connectivity index (χ0v) is 10.9. The molecular formula is C15H12N2O4. The zero-order valence-electron chi connectivity index (χ0n) is 10.9. The Bertz CT molecular complexity index is 676. The van der Waals surface area contributed by atoms with Crippen LogP contribution in [0.25, 0.3) is 6.08 Å². The maximum Gasteiger partial charge on any atom is 0.337 e. The molecule has 0 aliphatic rings. The second-order valence-electron chi connectivity index (χ2n) is 4.15. The summed E-state index contributed by atoms with van der Waals surface area (Å²) in [5, 5.41) is 20.4. The molecule has 106 valence electrons. The van der Waals surface area contributed by atoms with E-state index in [0.29, 0.717) is 0 Å². The SMILES string of the molecule is O=C(/C=C/c1ccc(O)cc1)Nc1ccc(C(=O)O)cn1. The molecule has 0 spiro atoms. The summed E-state index contributed by atoms with van der Waals surface area (Å²) in [6.45, 7) is 0. The first-order valence-electron chi connectivity index (χ1n) is 6.02. The van der Waals surface area contributed by atoms with Gasteiger partial charge in [0, 0.05) is 12.3 Å². The van der Waals surface area contributed by atoms with Gasteiger partial charge in [-0.25, -0.2) is 9.78 Å². The van der Waals surface area contributed by atoms with Crippen LogP contribution in [0.15, 0.2) is 48.7 Å². The fourth-order valence-electron chi connectivity index (χ4n) is 1.52. The van der Waals surface area contributed by atoms with Crippen molar-refractivity contribution in [3.63, 3.8) is 0 Å². The van der Waals surface area contributed by atoms with Crippen molar-refractivity contribution in [3.8, 4) is 5.75 Å². The quantitative estimate of drug-likeness (QED) is 0.747. The molecule has 3 N–H and O–H groups in total. The number of nitrogens with zero attached hydrogens (tertiary/aromatic N) is 1. The van der Waals surface area contributed by atoms with E-state index in [1.165, 1.54) is 36.5 Å². The molecule has 0 aliphatic heterocycles. The molecule has 1 amide bonds. The van der Waals surface area contributed by atoms with Crippen molar-refractivity contribution in [3.05, 3.63) is 59.8 Å². The van der Waals surface area contributed by atoms with Crippen molar-refractivity contribution < 1.29 is 19.8 Å². The molecule has 0 saturated carbocycles. The average molecular weight is 284 g/mol. The van der Waals surface area contributed by atoms with E-state index in [4.69, 9.17) is 10.2 Å². The minimum atomic E-state index is -1.08. The van der Waals surface area contributed by atoms with E-state index in [1.807, 2.05) is 0 Å². The number of carboxylic acid groups (broad SMARTS) is 1. The van der Waals surface area contributed by atoms with Gasteiger partial charge < -0.3 is 15.5 Å². The first kappa shape index (κ1) is 14.3. The third-order valence-electron chi connectivity index (χ3n) is 2.58. The number of amides is 1. The lowest BCUT2D eigenvalue weighted by Gasteiger charge is -2.01. The van der Waals surface area contributed by atoms with Crippen molar-refractivity contribution in [1.82, 2.24) is 4.98 Å². The van der Waals surface area contributed by atoms with Gasteiger partial charge in [0.1, 0.15) is 11.6 Å². The molecule has 0 radical (unpaired) electrons. The predicted octanol–water partition coefficient (Wildman–Crippen LogP) is 2.14.